The van der Waals surface area contributed by atoms with Crippen LogP contribution in [0.25, 0.3) is 0 Å². The van der Waals surface area contributed by atoms with Crippen molar-refractivity contribution in [1.29, 1.82) is 0 Å². The lowest BCUT2D eigenvalue weighted by molar-refractivity contribution is 0.200. The molecule has 0 saturated heterocycles. The van der Waals surface area contributed by atoms with Gasteiger partial charge >= 0.3 is 0 Å². The van der Waals surface area contributed by atoms with Gasteiger partial charge in [-0.15, -0.1) is 0 Å². The van der Waals surface area contributed by atoms with E-state index in [2.05, 4.69) is 5.32 Å². The Morgan fingerprint density at radius 3 is 2.07 bits per heavy atom. The van der Waals surface area contributed by atoms with Gasteiger partial charge in [0.2, 0.25) is 0 Å². The number of rotatable bonds is 7. The fourth-order valence-electron chi connectivity index (χ4n) is 0.582. The van der Waals surface area contributed by atoms with Crippen molar-refractivity contribution in [2.24, 2.45) is 0 Å². The van der Waals surface area contributed by atoms with Crippen LogP contribution in [-0.2, 0) is 4.74 Å². The standard InChI is InChI=1S/C7H17NOS.2C2H6/c1-8-4-7-10-6-3-5-9-2;2*1-2/h8H,3-7H2,1-2H3;2*1-2H3. The third-order valence-electron chi connectivity index (χ3n) is 1.13. The summed E-state index contributed by atoms with van der Waals surface area (Å²) in [5, 5.41) is 3.11. The zero-order valence-corrected chi connectivity index (χ0v) is 11.7. The van der Waals surface area contributed by atoms with Gasteiger partial charge in [0.25, 0.3) is 0 Å². The molecule has 0 atom stereocenters. The molecule has 14 heavy (non-hydrogen) atoms. The quantitative estimate of drug-likeness (QED) is 0.670. The molecule has 0 amide bonds. The van der Waals surface area contributed by atoms with E-state index in [0.717, 1.165) is 13.2 Å². The molecule has 0 saturated carbocycles. The predicted molar refractivity (Wildman–Crippen MR) is 70.4 cm³/mol. The SMILES string of the molecule is CC.CC.CNCCSCCCOC. The fourth-order valence-corrected chi connectivity index (χ4v) is 1.46. The molecule has 0 heterocycles. The number of thioether (sulfide) groups is 1. The highest BCUT2D eigenvalue weighted by atomic mass is 32.2. The normalized spacial score (nSPS) is 8.14. The van der Waals surface area contributed by atoms with Crippen LogP contribution in [0.15, 0.2) is 0 Å². The lowest BCUT2D eigenvalue weighted by Crippen LogP contribution is -2.10. The van der Waals surface area contributed by atoms with E-state index in [1.807, 2.05) is 46.5 Å². The van der Waals surface area contributed by atoms with E-state index >= 15 is 0 Å². The molecule has 0 fully saturated rings. The fraction of sp³-hybridized carbons (Fsp3) is 1.00. The Morgan fingerprint density at radius 1 is 1.07 bits per heavy atom. The van der Waals surface area contributed by atoms with Crippen LogP contribution in [0, 0.1) is 0 Å². The maximum atomic E-state index is 4.92. The van der Waals surface area contributed by atoms with Crippen LogP contribution in [0.1, 0.15) is 34.1 Å². The summed E-state index contributed by atoms with van der Waals surface area (Å²) in [6.45, 7) is 10.0. The van der Waals surface area contributed by atoms with Crippen molar-refractivity contribution in [3.05, 3.63) is 0 Å². The third kappa shape index (κ3) is 29.5. The molecule has 2 nitrogen and oxygen atoms in total. The van der Waals surface area contributed by atoms with E-state index in [1.165, 1.54) is 17.9 Å². The second kappa shape index (κ2) is 29.2. The monoisotopic (exact) mass is 223 g/mol. The van der Waals surface area contributed by atoms with Gasteiger partial charge in [-0.1, -0.05) is 27.7 Å². The van der Waals surface area contributed by atoms with Crippen molar-refractivity contribution < 1.29 is 4.74 Å². The van der Waals surface area contributed by atoms with E-state index in [9.17, 15) is 0 Å². The average molecular weight is 223 g/mol. The zero-order chi connectivity index (χ0) is 11.7. The predicted octanol–water partition coefficient (Wildman–Crippen LogP) is 3.03. The van der Waals surface area contributed by atoms with Gasteiger partial charge in [-0.25, -0.2) is 0 Å². The highest BCUT2D eigenvalue weighted by Crippen LogP contribution is 2.00. The summed E-state index contributed by atoms with van der Waals surface area (Å²) in [6.07, 6.45) is 1.17. The van der Waals surface area contributed by atoms with Crippen molar-refractivity contribution in [3.63, 3.8) is 0 Å². The minimum Gasteiger partial charge on any atom is -0.385 e. The van der Waals surface area contributed by atoms with Gasteiger partial charge < -0.3 is 10.1 Å². The topological polar surface area (TPSA) is 21.3 Å². The largest absolute Gasteiger partial charge is 0.385 e. The van der Waals surface area contributed by atoms with E-state index in [-0.39, 0.29) is 0 Å². The minimum atomic E-state index is 0.895. The maximum Gasteiger partial charge on any atom is 0.0470 e. The molecule has 0 aliphatic rings. The average Bonchev–Trinajstić information content (AvgIpc) is 2.29. The van der Waals surface area contributed by atoms with Gasteiger partial charge in [-0.05, 0) is 19.2 Å². The highest BCUT2D eigenvalue weighted by molar-refractivity contribution is 7.99. The first-order chi connectivity index (χ1) is 6.91. The van der Waals surface area contributed by atoms with Gasteiger partial charge in [0, 0.05) is 26.0 Å². The zero-order valence-electron chi connectivity index (χ0n) is 10.9. The van der Waals surface area contributed by atoms with Gasteiger partial charge in [0.15, 0.2) is 0 Å². The molecule has 0 unspecified atom stereocenters. The first kappa shape index (κ1) is 19.8. The number of nitrogens with one attached hydrogen (secondary N) is 1. The van der Waals surface area contributed by atoms with Crippen LogP contribution >= 0.6 is 11.8 Å². The first-order valence-electron chi connectivity index (χ1n) is 5.63. The van der Waals surface area contributed by atoms with Crippen molar-refractivity contribution in [2.45, 2.75) is 34.1 Å². The molecule has 0 rings (SSSR count). The second-order valence-corrected chi connectivity index (χ2v) is 3.29. The smallest absolute Gasteiger partial charge is 0.0470 e. The van der Waals surface area contributed by atoms with Crippen LogP contribution in [0.5, 0.6) is 0 Å². The molecular formula is C11H29NOS. The molecule has 0 bridgehead atoms. The molecular weight excluding hydrogens is 194 g/mol. The summed E-state index contributed by atoms with van der Waals surface area (Å²) in [5.41, 5.74) is 0. The Bertz CT molecular complexity index is 55.2. The summed E-state index contributed by atoms with van der Waals surface area (Å²) >= 11 is 1.98. The lowest BCUT2D eigenvalue weighted by Gasteiger charge is -1.99. The summed E-state index contributed by atoms with van der Waals surface area (Å²) in [7, 11) is 3.73. The van der Waals surface area contributed by atoms with Gasteiger partial charge in [0.05, 0.1) is 0 Å². The van der Waals surface area contributed by atoms with Crippen LogP contribution in [0.3, 0.4) is 0 Å². The Balaban J connectivity index is -0.000000266. The Labute approximate surface area is 95.2 Å². The molecule has 1 N–H and O–H groups in total. The van der Waals surface area contributed by atoms with Crippen molar-refractivity contribution >= 4 is 11.8 Å². The van der Waals surface area contributed by atoms with Crippen molar-refractivity contribution in [1.82, 2.24) is 5.32 Å². The lowest BCUT2D eigenvalue weighted by atomic mass is 10.5. The highest BCUT2D eigenvalue weighted by Gasteiger charge is 1.87. The molecule has 0 spiro atoms. The van der Waals surface area contributed by atoms with Crippen molar-refractivity contribution in [2.75, 3.05) is 38.8 Å². The molecule has 90 valence electrons. The van der Waals surface area contributed by atoms with Crippen molar-refractivity contribution in [3.8, 4) is 0 Å². The number of hydrogen-bond donors (Lipinski definition) is 1. The number of methoxy groups -OCH3 is 1. The van der Waals surface area contributed by atoms with E-state index in [0.29, 0.717) is 0 Å². The minimum absolute atomic E-state index is 0.895. The molecule has 0 aliphatic carbocycles. The Kier molecular flexibility index (Phi) is 41.3. The third-order valence-corrected chi connectivity index (χ3v) is 2.20. The molecule has 3 heteroatoms. The molecule has 0 radical (unpaired) electrons. The second-order valence-electron chi connectivity index (χ2n) is 2.06. The maximum absolute atomic E-state index is 4.92. The van der Waals surface area contributed by atoms with Crippen LogP contribution < -0.4 is 5.32 Å². The van der Waals surface area contributed by atoms with E-state index in [4.69, 9.17) is 4.74 Å². The van der Waals surface area contributed by atoms with Gasteiger partial charge in [-0.3, -0.25) is 0 Å². The summed E-state index contributed by atoms with van der Waals surface area (Å²) in [6, 6.07) is 0. The van der Waals surface area contributed by atoms with E-state index < -0.39 is 0 Å². The van der Waals surface area contributed by atoms with Gasteiger partial charge in [-0.2, -0.15) is 11.8 Å². The molecule has 0 aromatic carbocycles. The summed E-state index contributed by atoms with van der Waals surface area (Å²) < 4.78 is 4.92. The summed E-state index contributed by atoms with van der Waals surface area (Å²) in [5.74, 6) is 2.43. The van der Waals surface area contributed by atoms with Gasteiger partial charge in [0.1, 0.15) is 0 Å². The van der Waals surface area contributed by atoms with E-state index in [1.54, 1.807) is 7.11 Å². The Hall–Kier alpha value is 0.270. The van der Waals surface area contributed by atoms with Crippen LogP contribution in [-0.4, -0.2) is 38.8 Å². The number of hydrogen-bond acceptors (Lipinski definition) is 3. The van der Waals surface area contributed by atoms with Crippen LogP contribution in [0.2, 0.25) is 0 Å². The molecule has 0 aliphatic heterocycles. The molecule has 0 aromatic heterocycles. The Morgan fingerprint density at radius 2 is 1.64 bits per heavy atom. The summed E-state index contributed by atoms with van der Waals surface area (Å²) in [4.78, 5) is 0. The molecule has 0 aromatic rings. The number of ether oxygens (including phenoxy) is 1. The van der Waals surface area contributed by atoms with Crippen LogP contribution in [0.4, 0.5) is 0 Å². The first-order valence-corrected chi connectivity index (χ1v) is 6.78.